The third-order valence-electron chi connectivity index (χ3n) is 5.37. The fraction of sp³-hybridized carbons (Fsp3) is 0.591. The molecule has 0 aliphatic carbocycles. The minimum atomic E-state index is 0.122. The maximum atomic E-state index is 13.0. The van der Waals surface area contributed by atoms with Crippen molar-refractivity contribution in [3.8, 4) is 0 Å². The molecule has 152 valence electrons. The number of rotatable bonds is 6. The lowest BCUT2D eigenvalue weighted by molar-refractivity contribution is 0.0703. The van der Waals surface area contributed by atoms with E-state index >= 15 is 0 Å². The maximum absolute atomic E-state index is 13.0. The molecule has 0 bridgehead atoms. The molecule has 0 unspecified atom stereocenters. The van der Waals surface area contributed by atoms with Crippen LogP contribution in [-0.4, -0.2) is 57.7 Å². The van der Waals surface area contributed by atoms with E-state index in [1.165, 1.54) is 5.56 Å². The minimum Gasteiger partial charge on any atom is -0.338 e. The van der Waals surface area contributed by atoms with Crippen LogP contribution in [0.25, 0.3) is 0 Å². The summed E-state index contributed by atoms with van der Waals surface area (Å²) in [5.41, 5.74) is 2.06. The molecule has 1 aromatic heterocycles. The molecule has 0 saturated carbocycles. The standard InChI is InChI=1S/C22H33N5O/c1-16(2)13-17-8-10-18(11-9-17)22(28)27-12-6-7-19(14-27)21-24-23-20(26(21)5)15-25(3)4/h8-11,16,19H,6-7,12-15H2,1-5H3/t19-/m0/s1. The van der Waals surface area contributed by atoms with Gasteiger partial charge in [-0.2, -0.15) is 0 Å². The van der Waals surface area contributed by atoms with Gasteiger partial charge in [0, 0.05) is 31.6 Å². The van der Waals surface area contributed by atoms with Crippen molar-refractivity contribution >= 4 is 5.91 Å². The Hall–Kier alpha value is -2.21. The van der Waals surface area contributed by atoms with Gasteiger partial charge in [-0.05, 0) is 57.0 Å². The maximum Gasteiger partial charge on any atom is 0.253 e. The number of carbonyl (C=O) groups is 1. The molecule has 1 atom stereocenters. The monoisotopic (exact) mass is 383 g/mol. The van der Waals surface area contributed by atoms with Crippen LogP contribution in [0.5, 0.6) is 0 Å². The van der Waals surface area contributed by atoms with Gasteiger partial charge in [-0.1, -0.05) is 26.0 Å². The van der Waals surface area contributed by atoms with E-state index in [1.807, 2.05) is 38.2 Å². The Morgan fingerprint density at radius 1 is 1.21 bits per heavy atom. The molecule has 1 saturated heterocycles. The van der Waals surface area contributed by atoms with Crippen LogP contribution < -0.4 is 0 Å². The Morgan fingerprint density at radius 2 is 1.93 bits per heavy atom. The number of benzene rings is 1. The predicted octanol–water partition coefficient (Wildman–Crippen LogP) is 3.10. The van der Waals surface area contributed by atoms with E-state index in [-0.39, 0.29) is 11.8 Å². The molecular weight excluding hydrogens is 350 g/mol. The molecule has 0 N–H and O–H groups in total. The van der Waals surface area contributed by atoms with Crippen molar-refractivity contribution in [2.24, 2.45) is 13.0 Å². The van der Waals surface area contributed by atoms with E-state index in [9.17, 15) is 4.79 Å². The summed E-state index contributed by atoms with van der Waals surface area (Å²) in [6.07, 6.45) is 3.09. The minimum absolute atomic E-state index is 0.122. The van der Waals surface area contributed by atoms with Crippen LogP contribution in [0.4, 0.5) is 0 Å². The van der Waals surface area contributed by atoms with Gasteiger partial charge in [-0.25, -0.2) is 0 Å². The molecule has 1 fully saturated rings. The third-order valence-corrected chi connectivity index (χ3v) is 5.37. The highest BCUT2D eigenvalue weighted by atomic mass is 16.2. The second-order valence-corrected chi connectivity index (χ2v) is 8.66. The molecule has 2 aromatic rings. The van der Waals surface area contributed by atoms with Gasteiger partial charge in [-0.3, -0.25) is 4.79 Å². The average Bonchev–Trinajstić information content (AvgIpc) is 3.01. The molecule has 1 aromatic carbocycles. The molecule has 1 aliphatic rings. The van der Waals surface area contributed by atoms with Gasteiger partial charge in [0.05, 0.1) is 6.54 Å². The molecule has 3 rings (SSSR count). The SMILES string of the molecule is CC(C)Cc1ccc(C(=O)N2CCC[C@H](c3nnc(CN(C)C)n3C)C2)cc1. The summed E-state index contributed by atoms with van der Waals surface area (Å²) in [5.74, 6) is 2.93. The van der Waals surface area contributed by atoms with Crippen molar-refractivity contribution in [3.63, 3.8) is 0 Å². The van der Waals surface area contributed by atoms with Crippen LogP contribution in [-0.2, 0) is 20.0 Å². The second-order valence-electron chi connectivity index (χ2n) is 8.66. The van der Waals surface area contributed by atoms with E-state index < -0.39 is 0 Å². The molecule has 2 heterocycles. The Kier molecular flexibility index (Phi) is 6.50. The van der Waals surface area contributed by atoms with Crippen LogP contribution in [0.2, 0.25) is 0 Å². The second kappa shape index (κ2) is 8.86. The molecule has 0 spiro atoms. The zero-order chi connectivity index (χ0) is 20.3. The van der Waals surface area contributed by atoms with E-state index in [0.717, 1.165) is 49.6 Å². The fourth-order valence-corrected chi connectivity index (χ4v) is 3.96. The first-order chi connectivity index (χ1) is 13.3. The van der Waals surface area contributed by atoms with Crippen LogP contribution >= 0.6 is 0 Å². The summed E-state index contributed by atoms with van der Waals surface area (Å²) in [5, 5.41) is 8.81. The van der Waals surface area contributed by atoms with E-state index in [2.05, 4.69) is 45.6 Å². The number of hydrogen-bond donors (Lipinski definition) is 0. The van der Waals surface area contributed by atoms with Gasteiger partial charge in [0.1, 0.15) is 11.6 Å². The smallest absolute Gasteiger partial charge is 0.253 e. The zero-order valence-electron chi connectivity index (χ0n) is 17.9. The topological polar surface area (TPSA) is 54.3 Å². The van der Waals surface area contributed by atoms with Crippen molar-refractivity contribution in [1.82, 2.24) is 24.6 Å². The van der Waals surface area contributed by atoms with Crippen LogP contribution in [0, 0.1) is 5.92 Å². The first-order valence-corrected chi connectivity index (χ1v) is 10.3. The van der Waals surface area contributed by atoms with Crippen LogP contribution in [0.3, 0.4) is 0 Å². The third kappa shape index (κ3) is 4.79. The Bertz CT molecular complexity index is 794. The zero-order valence-corrected chi connectivity index (χ0v) is 17.9. The number of aromatic nitrogens is 3. The summed E-state index contributed by atoms with van der Waals surface area (Å²) >= 11 is 0. The van der Waals surface area contributed by atoms with E-state index in [1.54, 1.807) is 0 Å². The largest absolute Gasteiger partial charge is 0.338 e. The summed E-state index contributed by atoms with van der Waals surface area (Å²) in [6, 6.07) is 8.12. The Balaban J connectivity index is 1.69. The highest BCUT2D eigenvalue weighted by Gasteiger charge is 2.29. The average molecular weight is 384 g/mol. The van der Waals surface area contributed by atoms with E-state index in [0.29, 0.717) is 12.5 Å². The van der Waals surface area contributed by atoms with Crippen LogP contribution in [0.15, 0.2) is 24.3 Å². The lowest BCUT2D eigenvalue weighted by Gasteiger charge is -2.32. The quantitative estimate of drug-likeness (QED) is 0.769. The molecule has 28 heavy (non-hydrogen) atoms. The number of carbonyl (C=O) groups excluding carboxylic acids is 1. The van der Waals surface area contributed by atoms with Gasteiger partial charge in [0.15, 0.2) is 0 Å². The van der Waals surface area contributed by atoms with Gasteiger partial charge in [0.25, 0.3) is 5.91 Å². The summed E-state index contributed by atoms with van der Waals surface area (Å²) in [6.45, 7) is 6.71. The summed E-state index contributed by atoms with van der Waals surface area (Å²) < 4.78 is 2.10. The highest BCUT2D eigenvalue weighted by molar-refractivity contribution is 5.94. The van der Waals surface area contributed by atoms with Crippen LogP contribution in [0.1, 0.15) is 60.2 Å². The lowest BCUT2D eigenvalue weighted by Crippen LogP contribution is -2.39. The van der Waals surface area contributed by atoms with Crippen molar-refractivity contribution in [2.75, 3.05) is 27.2 Å². The first kappa shape index (κ1) is 20.5. The molecule has 1 aliphatic heterocycles. The molecule has 6 heteroatoms. The predicted molar refractivity (Wildman–Crippen MR) is 111 cm³/mol. The summed E-state index contributed by atoms with van der Waals surface area (Å²) in [7, 11) is 6.09. The highest BCUT2D eigenvalue weighted by Crippen LogP contribution is 2.27. The van der Waals surface area contributed by atoms with Gasteiger partial charge in [0.2, 0.25) is 0 Å². The van der Waals surface area contributed by atoms with Crippen molar-refractivity contribution in [3.05, 3.63) is 47.0 Å². The first-order valence-electron chi connectivity index (χ1n) is 10.3. The molecule has 1 amide bonds. The lowest BCUT2D eigenvalue weighted by atomic mass is 9.96. The van der Waals surface area contributed by atoms with Crippen molar-refractivity contribution < 1.29 is 4.79 Å². The van der Waals surface area contributed by atoms with Crippen molar-refractivity contribution in [2.45, 2.75) is 45.6 Å². The number of hydrogen-bond acceptors (Lipinski definition) is 4. The number of piperidine rings is 1. The van der Waals surface area contributed by atoms with Gasteiger partial charge in [-0.15, -0.1) is 10.2 Å². The van der Waals surface area contributed by atoms with E-state index in [4.69, 9.17) is 0 Å². The van der Waals surface area contributed by atoms with Gasteiger partial charge < -0.3 is 14.4 Å². The summed E-state index contributed by atoms with van der Waals surface area (Å²) in [4.78, 5) is 17.1. The Morgan fingerprint density at radius 3 is 2.57 bits per heavy atom. The molecule has 6 nitrogen and oxygen atoms in total. The fourth-order valence-electron chi connectivity index (χ4n) is 3.96. The van der Waals surface area contributed by atoms with Gasteiger partial charge >= 0.3 is 0 Å². The molecular formula is C22H33N5O. The van der Waals surface area contributed by atoms with Crippen molar-refractivity contribution in [1.29, 1.82) is 0 Å². The number of nitrogens with zero attached hydrogens (tertiary/aromatic N) is 5. The normalized spacial score (nSPS) is 17.5. The Labute approximate surface area is 168 Å². The number of likely N-dealkylation sites (tertiary alicyclic amines) is 1. The number of amides is 1. The molecule has 0 radical (unpaired) electrons.